The van der Waals surface area contributed by atoms with Crippen LogP contribution in [0.3, 0.4) is 0 Å². The largest absolute Gasteiger partial charge is 0.370 e. The molecule has 2 N–H and O–H groups in total. The summed E-state index contributed by atoms with van der Waals surface area (Å²) in [6.45, 7) is 2.26. The molecule has 0 fully saturated rings. The maximum atomic E-state index is 10.6. The second-order valence-electron chi connectivity index (χ2n) is 6.51. The molecule has 0 saturated heterocycles. The average molecular weight is 346 g/mol. The van der Waals surface area contributed by atoms with Crippen LogP contribution in [0.1, 0.15) is 90.4 Å². The molecule has 0 aliphatic heterocycles. The van der Waals surface area contributed by atoms with Gasteiger partial charge in [0, 0.05) is 6.42 Å². The van der Waals surface area contributed by atoms with Gasteiger partial charge in [0.25, 0.3) is 0 Å². The maximum Gasteiger partial charge on any atom is 0.217 e. The van der Waals surface area contributed by atoms with Gasteiger partial charge < -0.3 is 5.73 Å². The van der Waals surface area contributed by atoms with Crippen molar-refractivity contribution in [1.82, 2.24) is 0 Å². The predicted molar refractivity (Wildman–Crippen MR) is 111 cm³/mol. The van der Waals surface area contributed by atoms with Crippen molar-refractivity contribution in [2.75, 3.05) is 0 Å². The molecule has 1 amide bonds. The van der Waals surface area contributed by atoms with Gasteiger partial charge in [0.05, 0.1) is 0 Å². The summed E-state index contributed by atoms with van der Waals surface area (Å²) in [6, 6.07) is 0. The average Bonchev–Trinajstić information content (AvgIpc) is 2.60. The molecule has 0 saturated carbocycles. The van der Waals surface area contributed by atoms with Crippen LogP contribution < -0.4 is 5.73 Å². The lowest BCUT2D eigenvalue weighted by atomic mass is 10.1. The molecular formula is C23H39NO. The second kappa shape index (κ2) is 20.5. The quantitative estimate of drug-likeness (QED) is 0.229. The van der Waals surface area contributed by atoms with Crippen LogP contribution in [-0.2, 0) is 4.79 Å². The Balaban J connectivity index is 3.37. The Bertz CT molecular complexity index is 404. The van der Waals surface area contributed by atoms with Gasteiger partial charge in [0.2, 0.25) is 5.91 Å². The first-order chi connectivity index (χ1) is 12.3. The molecule has 0 aromatic carbocycles. The molecule has 2 heteroatoms. The number of unbranched alkanes of at least 4 members (excludes halogenated alkanes) is 7. The molecule has 25 heavy (non-hydrogen) atoms. The molecule has 0 spiro atoms. The van der Waals surface area contributed by atoms with Crippen molar-refractivity contribution in [3.05, 3.63) is 48.6 Å². The van der Waals surface area contributed by atoms with E-state index in [1.165, 1.54) is 44.9 Å². The molecular weight excluding hydrogens is 306 g/mol. The second-order valence-corrected chi connectivity index (χ2v) is 6.51. The Morgan fingerprint density at radius 3 is 1.60 bits per heavy atom. The first kappa shape index (κ1) is 23.4. The van der Waals surface area contributed by atoms with Crippen LogP contribution in [0.25, 0.3) is 0 Å². The molecule has 0 aliphatic rings. The van der Waals surface area contributed by atoms with E-state index in [0.29, 0.717) is 6.42 Å². The van der Waals surface area contributed by atoms with Gasteiger partial charge in [-0.2, -0.15) is 0 Å². The third-order valence-corrected chi connectivity index (χ3v) is 4.00. The number of hydrogen-bond acceptors (Lipinski definition) is 1. The topological polar surface area (TPSA) is 43.1 Å². The van der Waals surface area contributed by atoms with E-state index in [4.69, 9.17) is 5.73 Å². The number of hydrogen-bond donors (Lipinski definition) is 1. The molecule has 0 aromatic heterocycles. The maximum absolute atomic E-state index is 10.6. The lowest BCUT2D eigenvalue weighted by Crippen LogP contribution is -2.09. The first-order valence-electron chi connectivity index (χ1n) is 10.2. The van der Waals surface area contributed by atoms with Gasteiger partial charge in [0.1, 0.15) is 0 Å². The Labute approximate surface area is 156 Å². The minimum Gasteiger partial charge on any atom is -0.370 e. The number of carbonyl (C=O) groups is 1. The molecule has 0 bridgehead atoms. The van der Waals surface area contributed by atoms with Crippen molar-refractivity contribution in [2.24, 2.45) is 5.73 Å². The van der Waals surface area contributed by atoms with E-state index in [0.717, 1.165) is 32.1 Å². The zero-order chi connectivity index (χ0) is 18.4. The smallest absolute Gasteiger partial charge is 0.217 e. The highest BCUT2D eigenvalue weighted by Gasteiger charge is 1.90. The van der Waals surface area contributed by atoms with Gasteiger partial charge in [-0.15, -0.1) is 0 Å². The van der Waals surface area contributed by atoms with Crippen LogP contribution in [0.4, 0.5) is 0 Å². The zero-order valence-electron chi connectivity index (χ0n) is 16.3. The van der Waals surface area contributed by atoms with Crippen molar-refractivity contribution in [1.29, 1.82) is 0 Å². The van der Waals surface area contributed by atoms with Crippen molar-refractivity contribution < 1.29 is 4.79 Å². The number of carbonyl (C=O) groups excluding carboxylic acids is 1. The lowest BCUT2D eigenvalue weighted by Gasteiger charge is -1.97. The van der Waals surface area contributed by atoms with Gasteiger partial charge >= 0.3 is 0 Å². The summed E-state index contributed by atoms with van der Waals surface area (Å²) < 4.78 is 0. The number of primary amides is 1. The van der Waals surface area contributed by atoms with E-state index in [1.807, 2.05) is 0 Å². The SMILES string of the molecule is CCCCCCCC/C=C\C/C=C\C/C=C\C/C=C\CCCC(N)=O. The first-order valence-corrected chi connectivity index (χ1v) is 10.2. The Kier molecular flexibility index (Phi) is 19.2. The lowest BCUT2D eigenvalue weighted by molar-refractivity contribution is -0.118. The number of amides is 1. The molecule has 0 heterocycles. The van der Waals surface area contributed by atoms with Gasteiger partial charge in [-0.3, -0.25) is 4.79 Å². The zero-order valence-corrected chi connectivity index (χ0v) is 16.3. The third kappa shape index (κ3) is 22.4. The Morgan fingerprint density at radius 2 is 1.08 bits per heavy atom. The highest BCUT2D eigenvalue weighted by atomic mass is 16.1. The van der Waals surface area contributed by atoms with Crippen molar-refractivity contribution in [2.45, 2.75) is 90.4 Å². The summed E-state index contributed by atoms with van der Waals surface area (Å²) >= 11 is 0. The summed E-state index contributed by atoms with van der Waals surface area (Å²) in [5.41, 5.74) is 5.09. The van der Waals surface area contributed by atoms with Crippen LogP contribution >= 0.6 is 0 Å². The molecule has 2 nitrogen and oxygen atoms in total. The van der Waals surface area contributed by atoms with Crippen molar-refractivity contribution in [3.8, 4) is 0 Å². The van der Waals surface area contributed by atoms with E-state index in [9.17, 15) is 4.79 Å². The van der Waals surface area contributed by atoms with Gasteiger partial charge in [-0.05, 0) is 44.9 Å². The number of allylic oxidation sites excluding steroid dienone is 8. The molecule has 0 aliphatic carbocycles. The molecule has 0 unspecified atom stereocenters. The summed E-state index contributed by atoms with van der Waals surface area (Å²) in [5.74, 6) is -0.211. The Morgan fingerprint density at radius 1 is 0.640 bits per heavy atom. The van der Waals surface area contributed by atoms with E-state index in [2.05, 4.69) is 55.5 Å². The fourth-order valence-electron chi connectivity index (χ4n) is 2.49. The summed E-state index contributed by atoms with van der Waals surface area (Å²) in [5, 5.41) is 0. The van der Waals surface area contributed by atoms with Crippen molar-refractivity contribution in [3.63, 3.8) is 0 Å². The summed E-state index contributed by atoms with van der Waals surface area (Å²) in [4.78, 5) is 10.6. The summed E-state index contributed by atoms with van der Waals surface area (Å²) in [7, 11) is 0. The highest BCUT2D eigenvalue weighted by Crippen LogP contribution is 2.07. The third-order valence-electron chi connectivity index (χ3n) is 4.00. The number of nitrogens with two attached hydrogens (primary N) is 1. The monoisotopic (exact) mass is 345 g/mol. The van der Waals surface area contributed by atoms with E-state index in [-0.39, 0.29) is 5.91 Å². The fraction of sp³-hybridized carbons (Fsp3) is 0.609. The molecule has 0 atom stereocenters. The van der Waals surface area contributed by atoms with E-state index < -0.39 is 0 Å². The van der Waals surface area contributed by atoms with Gasteiger partial charge in [0.15, 0.2) is 0 Å². The van der Waals surface area contributed by atoms with E-state index in [1.54, 1.807) is 0 Å². The fourth-order valence-corrected chi connectivity index (χ4v) is 2.49. The molecule has 0 rings (SSSR count). The van der Waals surface area contributed by atoms with Gasteiger partial charge in [-0.25, -0.2) is 0 Å². The standard InChI is InChI=1S/C23H39NO/c1-2-3-4-5-6-7-8-9-10-11-12-13-14-15-16-17-18-19-20-21-22-23(24)25/h9-10,12-13,15-16,18-19H,2-8,11,14,17,20-22H2,1H3,(H2,24,25)/b10-9-,13-12-,16-15-,19-18-. The minimum atomic E-state index is -0.211. The normalized spacial score (nSPS) is 12.4. The molecule has 0 radical (unpaired) electrons. The van der Waals surface area contributed by atoms with Crippen LogP contribution in [0.5, 0.6) is 0 Å². The predicted octanol–water partition coefficient (Wildman–Crippen LogP) is 6.79. The van der Waals surface area contributed by atoms with Crippen molar-refractivity contribution >= 4 is 5.91 Å². The molecule has 0 aromatic rings. The Hall–Kier alpha value is -1.57. The van der Waals surface area contributed by atoms with Crippen LogP contribution in [0.15, 0.2) is 48.6 Å². The number of rotatable bonds is 17. The molecule has 142 valence electrons. The summed E-state index contributed by atoms with van der Waals surface area (Å²) in [6.07, 6.45) is 32.5. The highest BCUT2D eigenvalue weighted by molar-refractivity contribution is 5.73. The van der Waals surface area contributed by atoms with E-state index >= 15 is 0 Å². The van der Waals surface area contributed by atoms with Crippen LogP contribution in [0.2, 0.25) is 0 Å². The minimum absolute atomic E-state index is 0.211. The van der Waals surface area contributed by atoms with Crippen LogP contribution in [0, 0.1) is 0 Å². The van der Waals surface area contributed by atoms with Gasteiger partial charge in [-0.1, -0.05) is 87.6 Å². The van der Waals surface area contributed by atoms with Crippen LogP contribution in [-0.4, -0.2) is 5.91 Å².